The third kappa shape index (κ3) is 11.0. The average Bonchev–Trinajstić information content (AvgIpc) is 3.01. The molecule has 0 heterocycles. The predicted octanol–water partition coefficient (Wildman–Crippen LogP) is -2.10. The van der Waals surface area contributed by atoms with Crippen LogP contribution in [0.2, 0.25) is 0 Å². The normalized spacial score (nSPS) is 9.57. The van der Waals surface area contributed by atoms with Crippen molar-refractivity contribution in [2.75, 3.05) is 0 Å². The molecule has 42 heavy (non-hydrogen) atoms. The van der Waals surface area contributed by atoms with Gasteiger partial charge in [-0.1, -0.05) is 182 Å². The molecular weight excluding hydrogens is 753 g/mol. The zero-order valence-electron chi connectivity index (χ0n) is 22.7. The number of hydrogen-bond donors (Lipinski definition) is 0. The molecule has 0 saturated heterocycles. The van der Waals surface area contributed by atoms with E-state index in [4.69, 9.17) is 0 Å². The monoisotopic (exact) mass is 782 g/mol. The first-order valence-corrected chi connectivity index (χ1v) is 15.5. The van der Waals surface area contributed by atoms with Gasteiger partial charge in [0.2, 0.25) is 0 Å². The van der Waals surface area contributed by atoms with Gasteiger partial charge < -0.3 is 37.2 Å². The number of hydrogen-bond acceptors (Lipinski definition) is 0. The van der Waals surface area contributed by atoms with Crippen LogP contribution in [0.1, 0.15) is 0 Å². The molecule has 0 aromatic heterocycles. The Labute approximate surface area is 312 Å². The van der Waals surface area contributed by atoms with Gasteiger partial charge in [-0.25, -0.2) is 0 Å². The molecular formula is C36H30Cl3EuP2. The van der Waals surface area contributed by atoms with Crippen molar-refractivity contribution in [2.45, 2.75) is 0 Å². The molecule has 6 rings (SSSR count). The van der Waals surface area contributed by atoms with Crippen molar-refractivity contribution in [1.29, 1.82) is 0 Å². The molecule has 6 aromatic carbocycles. The molecule has 0 fully saturated rings. The minimum Gasteiger partial charge on any atom is -1.00 e. The largest absolute Gasteiger partial charge is 3.00 e. The van der Waals surface area contributed by atoms with Crippen LogP contribution in [0.5, 0.6) is 0 Å². The summed E-state index contributed by atoms with van der Waals surface area (Å²) in [4.78, 5) is 0. The molecule has 0 radical (unpaired) electrons. The molecule has 212 valence electrons. The van der Waals surface area contributed by atoms with Gasteiger partial charge in [0.25, 0.3) is 0 Å². The third-order valence-electron chi connectivity index (χ3n) is 6.09. The Morgan fingerprint density at radius 2 is 0.333 bits per heavy atom. The molecule has 0 aliphatic heterocycles. The van der Waals surface area contributed by atoms with E-state index in [0.29, 0.717) is 0 Å². The fourth-order valence-electron chi connectivity index (χ4n) is 4.36. The first-order chi connectivity index (χ1) is 18.9. The maximum absolute atomic E-state index is 2.23. The summed E-state index contributed by atoms with van der Waals surface area (Å²) in [6, 6.07) is 64.7. The van der Waals surface area contributed by atoms with Crippen molar-refractivity contribution in [2.24, 2.45) is 0 Å². The Kier molecular flexibility index (Phi) is 19.7. The standard InChI is InChI=1S/2C18H15P.3ClH.Eu/c2*1-4-10-16(11-5-1)19(17-12-6-2-7-13-17)18-14-8-3-9-15-18;;;;/h2*1-15H;3*1H;/q;;;;;+3/p-3. The van der Waals surface area contributed by atoms with Crippen LogP contribution >= 0.6 is 15.8 Å². The van der Waals surface area contributed by atoms with Crippen LogP contribution in [0, 0.1) is 49.4 Å². The third-order valence-corrected chi connectivity index (χ3v) is 11.0. The van der Waals surface area contributed by atoms with Crippen molar-refractivity contribution in [1.82, 2.24) is 0 Å². The quantitative estimate of drug-likeness (QED) is 0.170. The van der Waals surface area contributed by atoms with Gasteiger partial charge >= 0.3 is 49.4 Å². The smallest absolute Gasteiger partial charge is 1.00 e. The second-order valence-electron chi connectivity index (χ2n) is 8.68. The maximum Gasteiger partial charge on any atom is 3.00 e. The van der Waals surface area contributed by atoms with Gasteiger partial charge in [-0.05, 0) is 47.7 Å². The number of rotatable bonds is 6. The van der Waals surface area contributed by atoms with Crippen molar-refractivity contribution in [3.8, 4) is 0 Å². The van der Waals surface area contributed by atoms with Crippen LogP contribution in [0.3, 0.4) is 0 Å². The summed E-state index contributed by atoms with van der Waals surface area (Å²) in [5.74, 6) is 0. The zero-order chi connectivity index (χ0) is 25.8. The van der Waals surface area contributed by atoms with Gasteiger partial charge in [0, 0.05) is 0 Å². The molecule has 6 heteroatoms. The molecule has 0 bridgehead atoms. The number of halogens is 3. The summed E-state index contributed by atoms with van der Waals surface area (Å²) in [5.41, 5.74) is 0. The first-order valence-electron chi connectivity index (χ1n) is 12.8. The molecule has 0 aliphatic carbocycles. The van der Waals surface area contributed by atoms with E-state index in [1.807, 2.05) is 0 Å². The van der Waals surface area contributed by atoms with E-state index in [0.717, 1.165) is 0 Å². The summed E-state index contributed by atoms with van der Waals surface area (Å²) >= 11 is 0. The summed E-state index contributed by atoms with van der Waals surface area (Å²) in [7, 11) is -0.892. The summed E-state index contributed by atoms with van der Waals surface area (Å²) in [5, 5.41) is 8.39. The molecule has 0 N–H and O–H groups in total. The van der Waals surface area contributed by atoms with Gasteiger partial charge in [0.1, 0.15) is 0 Å². The topological polar surface area (TPSA) is 0 Å². The van der Waals surface area contributed by atoms with Crippen molar-refractivity contribution < 1.29 is 86.6 Å². The number of benzene rings is 6. The summed E-state index contributed by atoms with van der Waals surface area (Å²) < 4.78 is 0. The maximum atomic E-state index is 2.23. The van der Waals surface area contributed by atoms with Crippen LogP contribution in [0.15, 0.2) is 182 Å². The fourth-order valence-corrected chi connectivity index (χ4v) is 8.97. The van der Waals surface area contributed by atoms with Gasteiger partial charge in [-0.3, -0.25) is 0 Å². The van der Waals surface area contributed by atoms with Crippen LogP contribution in [-0.4, -0.2) is 0 Å². The van der Waals surface area contributed by atoms with Crippen molar-refractivity contribution in [3.05, 3.63) is 182 Å². The second-order valence-corrected chi connectivity index (χ2v) is 13.1. The molecule has 0 saturated carbocycles. The zero-order valence-corrected chi connectivity index (χ0v) is 29.2. The predicted molar refractivity (Wildman–Crippen MR) is 170 cm³/mol. The second kappa shape index (κ2) is 21.4. The minimum absolute atomic E-state index is 0. The molecule has 6 aromatic rings. The Morgan fingerprint density at radius 1 is 0.214 bits per heavy atom. The van der Waals surface area contributed by atoms with Crippen LogP contribution < -0.4 is 69.0 Å². The molecule has 0 atom stereocenters. The summed E-state index contributed by atoms with van der Waals surface area (Å²) in [6.45, 7) is 0. The van der Waals surface area contributed by atoms with Crippen molar-refractivity contribution >= 4 is 47.7 Å². The first kappa shape index (κ1) is 38.7. The van der Waals surface area contributed by atoms with Gasteiger partial charge in [-0.15, -0.1) is 0 Å². The molecule has 0 aliphatic rings. The average molecular weight is 783 g/mol. The molecule has 0 spiro atoms. The van der Waals surface area contributed by atoms with Crippen molar-refractivity contribution in [3.63, 3.8) is 0 Å². The molecule has 0 amide bonds. The van der Waals surface area contributed by atoms with E-state index < -0.39 is 15.8 Å². The van der Waals surface area contributed by atoms with Gasteiger partial charge in [0.05, 0.1) is 0 Å². The van der Waals surface area contributed by atoms with E-state index >= 15 is 0 Å². The van der Waals surface area contributed by atoms with Gasteiger partial charge in [-0.2, -0.15) is 0 Å². The summed E-state index contributed by atoms with van der Waals surface area (Å²) in [6.07, 6.45) is 0. The minimum atomic E-state index is -0.446. The van der Waals surface area contributed by atoms with E-state index in [1.54, 1.807) is 0 Å². The van der Waals surface area contributed by atoms with E-state index in [9.17, 15) is 0 Å². The molecule has 0 unspecified atom stereocenters. The van der Waals surface area contributed by atoms with Crippen LogP contribution in [-0.2, 0) is 0 Å². The van der Waals surface area contributed by atoms with Crippen LogP contribution in [0.25, 0.3) is 0 Å². The Hall–Kier alpha value is -1.37. The van der Waals surface area contributed by atoms with E-state index in [1.165, 1.54) is 31.8 Å². The fraction of sp³-hybridized carbons (Fsp3) is 0. The Bertz CT molecular complexity index is 1190. The SMILES string of the molecule is [Cl-].[Cl-].[Cl-].[Eu+3].c1ccc(P(c2ccccc2)c2ccccc2)cc1.c1ccc(P(c2ccccc2)c2ccccc2)cc1. The molecule has 0 nitrogen and oxygen atoms in total. The van der Waals surface area contributed by atoms with E-state index in [2.05, 4.69) is 182 Å². The Balaban J connectivity index is 0.000000383. The van der Waals surface area contributed by atoms with E-state index in [-0.39, 0.29) is 86.6 Å². The van der Waals surface area contributed by atoms with Gasteiger partial charge in [0.15, 0.2) is 0 Å². The Morgan fingerprint density at radius 3 is 0.452 bits per heavy atom. The van der Waals surface area contributed by atoms with Crippen LogP contribution in [0.4, 0.5) is 0 Å².